The predicted molar refractivity (Wildman–Crippen MR) is 118 cm³/mol. The molecule has 2 rings (SSSR count). The van der Waals surface area contributed by atoms with Gasteiger partial charge in [-0.15, -0.1) is 0 Å². The van der Waals surface area contributed by atoms with E-state index < -0.39 is 6.04 Å². The van der Waals surface area contributed by atoms with Crippen molar-refractivity contribution in [3.63, 3.8) is 0 Å². The normalized spacial score (nSPS) is 11.5. The van der Waals surface area contributed by atoms with E-state index in [2.05, 4.69) is 12.2 Å². The zero-order chi connectivity index (χ0) is 21.9. The van der Waals surface area contributed by atoms with Crippen LogP contribution in [-0.2, 0) is 16.1 Å². The molecule has 0 unspecified atom stereocenters. The maximum absolute atomic E-state index is 13.0. The average Bonchev–Trinajstić information content (AvgIpc) is 2.76. The van der Waals surface area contributed by atoms with E-state index in [-0.39, 0.29) is 25.0 Å². The first-order chi connectivity index (χ1) is 14.4. The summed E-state index contributed by atoms with van der Waals surface area (Å²) in [5.41, 5.74) is 0.889. The van der Waals surface area contributed by atoms with Gasteiger partial charge in [0.15, 0.2) is 6.61 Å². The van der Waals surface area contributed by atoms with Crippen molar-refractivity contribution in [2.75, 3.05) is 20.3 Å². The van der Waals surface area contributed by atoms with Crippen LogP contribution in [0.25, 0.3) is 0 Å². The molecule has 0 saturated heterocycles. The van der Waals surface area contributed by atoms with Crippen molar-refractivity contribution in [2.45, 2.75) is 39.3 Å². The number of hydrogen-bond donors (Lipinski definition) is 1. The Morgan fingerprint density at radius 1 is 1.13 bits per heavy atom. The van der Waals surface area contributed by atoms with Crippen LogP contribution in [0.5, 0.6) is 11.5 Å². The van der Waals surface area contributed by atoms with Gasteiger partial charge in [0.25, 0.3) is 5.91 Å². The van der Waals surface area contributed by atoms with Crippen LogP contribution in [-0.4, -0.2) is 43.0 Å². The van der Waals surface area contributed by atoms with Gasteiger partial charge in [-0.3, -0.25) is 9.59 Å². The number of methoxy groups -OCH3 is 1. The number of hydrogen-bond acceptors (Lipinski definition) is 4. The summed E-state index contributed by atoms with van der Waals surface area (Å²) in [5.74, 6) is 0.753. The molecule has 2 aromatic rings. The molecule has 7 heteroatoms. The van der Waals surface area contributed by atoms with E-state index in [0.717, 1.165) is 24.2 Å². The molecule has 0 spiro atoms. The van der Waals surface area contributed by atoms with E-state index in [1.807, 2.05) is 24.3 Å². The standard InChI is InChI=1S/C23H29ClN2O4/c1-4-5-13-25-23(28)17(2)26(15-18-9-11-20(29-3)12-10-18)22(27)16-30-21-8-6-7-19(24)14-21/h6-12,14,17H,4-5,13,15-16H2,1-3H3,(H,25,28)/t17-/m0/s1. The summed E-state index contributed by atoms with van der Waals surface area (Å²) < 4.78 is 10.8. The molecule has 0 radical (unpaired) electrons. The highest BCUT2D eigenvalue weighted by atomic mass is 35.5. The van der Waals surface area contributed by atoms with E-state index in [4.69, 9.17) is 21.1 Å². The minimum atomic E-state index is -0.639. The predicted octanol–water partition coefficient (Wildman–Crippen LogP) is 4.06. The summed E-state index contributed by atoms with van der Waals surface area (Å²) in [6.07, 6.45) is 1.87. The van der Waals surface area contributed by atoms with Crippen molar-refractivity contribution in [1.82, 2.24) is 10.2 Å². The molecule has 0 aromatic heterocycles. The van der Waals surface area contributed by atoms with Gasteiger partial charge in [-0.2, -0.15) is 0 Å². The van der Waals surface area contributed by atoms with E-state index in [1.165, 1.54) is 4.90 Å². The number of benzene rings is 2. The van der Waals surface area contributed by atoms with Gasteiger partial charge in [0.05, 0.1) is 7.11 Å². The molecule has 0 heterocycles. The summed E-state index contributed by atoms with van der Waals surface area (Å²) >= 11 is 5.97. The Morgan fingerprint density at radius 2 is 1.87 bits per heavy atom. The number of carbonyl (C=O) groups is 2. The first-order valence-electron chi connectivity index (χ1n) is 10.0. The Balaban J connectivity index is 2.11. The second kappa shape index (κ2) is 12.1. The van der Waals surface area contributed by atoms with Crippen LogP contribution in [0.4, 0.5) is 0 Å². The molecule has 0 saturated carbocycles. The van der Waals surface area contributed by atoms with Crippen molar-refractivity contribution < 1.29 is 19.1 Å². The Labute approximate surface area is 183 Å². The van der Waals surface area contributed by atoms with Crippen molar-refractivity contribution in [3.05, 3.63) is 59.1 Å². The van der Waals surface area contributed by atoms with Crippen LogP contribution >= 0.6 is 11.6 Å². The smallest absolute Gasteiger partial charge is 0.261 e. The fourth-order valence-electron chi connectivity index (χ4n) is 2.83. The van der Waals surface area contributed by atoms with E-state index >= 15 is 0 Å². The first-order valence-corrected chi connectivity index (χ1v) is 10.4. The van der Waals surface area contributed by atoms with E-state index in [9.17, 15) is 9.59 Å². The first kappa shape index (κ1) is 23.5. The van der Waals surface area contributed by atoms with E-state index in [0.29, 0.717) is 17.3 Å². The lowest BCUT2D eigenvalue weighted by Gasteiger charge is -2.28. The number of halogens is 1. The molecule has 0 aliphatic carbocycles. The molecular weight excluding hydrogens is 404 g/mol. The van der Waals surface area contributed by atoms with Crippen LogP contribution in [0, 0.1) is 0 Å². The third-order valence-corrected chi connectivity index (χ3v) is 4.90. The van der Waals surface area contributed by atoms with Gasteiger partial charge in [-0.25, -0.2) is 0 Å². The highest BCUT2D eigenvalue weighted by molar-refractivity contribution is 6.30. The Hall–Kier alpha value is -2.73. The van der Waals surface area contributed by atoms with Gasteiger partial charge in [0.2, 0.25) is 5.91 Å². The number of carbonyl (C=O) groups excluding carboxylic acids is 2. The molecule has 0 aliphatic rings. The zero-order valence-electron chi connectivity index (χ0n) is 17.7. The number of nitrogens with one attached hydrogen (secondary N) is 1. The van der Waals surface area contributed by atoms with E-state index in [1.54, 1.807) is 38.3 Å². The van der Waals surface area contributed by atoms with Gasteiger partial charge in [0, 0.05) is 18.1 Å². The fraction of sp³-hybridized carbons (Fsp3) is 0.391. The maximum atomic E-state index is 13.0. The van der Waals surface area contributed by atoms with Crippen molar-refractivity contribution in [2.24, 2.45) is 0 Å². The molecule has 1 atom stereocenters. The molecule has 6 nitrogen and oxygen atoms in total. The summed E-state index contributed by atoms with van der Waals surface area (Å²) in [7, 11) is 1.60. The highest BCUT2D eigenvalue weighted by Gasteiger charge is 2.26. The van der Waals surface area contributed by atoms with Gasteiger partial charge >= 0.3 is 0 Å². The zero-order valence-corrected chi connectivity index (χ0v) is 18.4. The third-order valence-electron chi connectivity index (χ3n) is 4.67. The quantitative estimate of drug-likeness (QED) is 0.544. The fourth-order valence-corrected chi connectivity index (χ4v) is 3.01. The number of ether oxygens (including phenoxy) is 2. The molecule has 2 aromatic carbocycles. The van der Waals surface area contributed by atoms with Crippen molar-refractivity contribution >= 4 is 23.4 Å². The summed E-state index contributed by atoms with van der Waals surface area (Å²) in [6, 6.07) is 13.6. The highest BCUT2D eigenvalue weighted by Crippen LogP contribution is 2.18. The molecule has 1 N–H and O–H groups in total. The lowest BCUT2D eigenvalue weighted by Crippen LogP contribution is -2.49. The van der Waals surface area contributed by atoms with Gasteiger partial charge in [0.1, 0.15) is 17.5 Å². The maximum Gasteiger partial charge on any atom is 0.261 e. The molecule has 162 valence electrons. The number of amides is 2. The Morgan fingerprint density at radius 3 is 2.50 bits per heavy atom. The van der Waals surface area contributed by atoms with Crippen LogP contribution in [0.1, 0.15) is 32.3 Å². The SMILES string of the molecule is CCCCNC(=O)[C@H](C)N(Cc1ccc(OC)cc1)C(=O)COc1cccc(Cl)c1. The van der Waals surface area contributed by atoms with Crippen LogP contribution in [0.2, 0.25) is 5.02 Å². The van der Waals surface area contributed by atoms with Crippen LogP contribution in [0.3, 0.4) is 0 Å². The molecular formula is C23H29ClN2O4. The topological polar surface area (TPSA) is 67.9 Å². The average molecular weight is 433 g/mol. The summed E-state index contributed by atoms with van der Waals surface area (Å²) in [4.78, 5) is 27.1. The summed E-state index contributed by atoms with van der Waals surface area (Å²) in [6.45, 7) is 4.46. The molecule has 0 aliphatic heterocycles. The second-order valence-electron chi connectivity index (χ2n) is 6.94. The molecule has 0 fully saturated rings. The van der Waals surface area contributed by atoms with Crippen LogP contribution in [0.15, 0.2) is 48.5 Å². The van der Waals surface area contributed by atoms with Gasteiger partial charge in [-0.1, -0.05) is 43.1 Å². The number of rotatable bonds is 11. The lowest BCUT2D eigenvalue weighted by molar-refractivity contribution is -0.142. The van der Waals surface area contributed by atoms with Crippen molar-refractivity contribution in [1.29, 1.82) is 0 Å². The lowest BCUT2D eigenvalue weighted by atomic mass is 10.1. The largest absolute Gasteiger partial charge is 0.497 e. The Kier molecular flexibility index (Phi) is 9.48. The third kappa shape index (κ3) is 7.26. The monoisotopic (exact) mass is 432 g/mol. The van der Waals surface area contributed by atoms with Crippen molar-refractivity contribution in [3.8, 4) is 11.5 Å². The molecule has 30 heavy (non-hydrogen) atoms. The molecule has 2 amide bonds. The minimum absolute atomic E-state index is 0.187. The summed E-state index contributed by atoms with van der Waals surface area (Å²) in [5, 5.41) is 3.42. The second-order valence-corrected chi connectivity index (χ2v) is 7.37. The molecule has 0 bridgehead atoms. The van der Waals surface area contributed by atoms with Crippen LogP contribution < -0.4 is 14.8 Å². The van der Waals surface area contributed by atoms with Gasteiger partial charge < -0.3 is 19.7 Å². The number of unbranched alkanes of at least 4 members (excludes halogenated alkanes) is 1. The minimum Gasteiger partial charge on any atom is -0.497 e. The van der Waals surface area contributed by atoms with Gasteiger partial charge in [-0.05, 0) is 49.2 Å². The number of nitrogens with zero attached hydrogens (tertiary/aromatic N) is 1. The Bertz CT molecular complexity index is 826.